The number of hydrogen-bond acceptors (Lipinski definition) is 3. The summed E-state index contributed by atoms with van der Waals surface area (Å²) in [5, 5.41) is 19.3. The van der Waals surface area contributed by atoms with Gasteiger partial charge in [0, 0.05) is 17.8 Å². The molecule has 0 aliphatic heterocycles. The van der Waals surface area contributed by atoms with Crippen molar-refractivity contribution >= 4 is 5.91 Å². The van der Waals surface area contributed by atoms with Gasteiger partial charge in [0.2, 0.25) is 0 Å². The van der Waals surface area contributed by atoms with Crippen LogP contribution in [0.3, 0.4) is 0 Å². The molecule has 0 spiro atoms. The van der Waals surface area contributed by atoms with Gasteiger partial charge in [0.15, 0.2) is 5.69 Å². The first-order chi connectivity index (χ1) is 7.97. The summed E-state index contributed by atoms with van der Waals surface area (Å²) in [6.07, 6.45) is 4.15. The van der Waals surface area contributed by atoms with E-state index in [2.05, 4.69) is 15.5 Å². The number of nitrogens with zero attached hydrogens (tertiary/aromatic N) is 1. The third kappa shape index (κ3) is 2.85. The standard InChI is InChI=1S/C12H19N3O2/c1-12(2,17)7-13-11(16)10-8-5-3-4-6-9(8)14-15-10/h17H,3-7H2,1-2H3,(H,13,16)(H,14,15). The minimum atomic E-state index is -0.897. The molecular weight excluding hydrogens is 218 g/mol. The Morgan fingerprint density at radius 2 is 2.18 bits per heavy atom. The fourth-order valence-electron chi connectivity index (χ4n) is 2.05. The first kappa shape index (κ1) is 12.1. The molecule has 1 aliphatic rings. The zero-order valence-corrected chi connectivity index (χ0v) is 10.3. The molecule has 2 rings (SSSR count). The van der Waals surface area contributed by atoms with E-state index < -0.39 is 5.60 Å². The van der Waals surface area contributed by atoms with Crippen LogP contribution >= 0.6 is 0 Å². The molecule has 0 fully saturated rings. The van der Waals surface area contributed by atoms with E-state index in [0.717, 1.165) is 36.9 Å². The topological polar surface area (TPSA) is 78.0 Å². The fourth-order valence-corrected chi connectivity index (χ4v) is 2.05. The van der Waals surface area contributed by atoms with Gasteiger partial charge in [-0.05, 0) is 39.5 Å². The Bertz CT molecular complexity index is 418. The number of carbonyl (C=O) groups is 1. The van der Waals surface area contributed by atoms with Crippen LogP contribution in [0.4, 0.5) is 0 Å². The zero-order chi connectivity index (χ0) is 12.5. The van der Waals surface area contributed by atoms with Gasteiger partial charge in [-0.3, -0.25) is 9.89 Å². The van der Waals surface area contributed by atoms with Crippen molar-refractivity contribution in [2.45, 2.75) is 45.1 Å². The van der Waals surface area contributed by atoms with Crippen LogP contribution in [0.25, 0.3) is 0 Å². The van der Waals surface area contributed by atoms with E-state index in [4.69, 9.17) is 0 Å². The second-order valence-electron chi connectivity index (χ2n) is 5.23. The highest BCUT2D eigenvalue weighted by Gasteiger charge is 2.22. The number of aryl methyl sites for hydroxylation is 1. The highest BCUT2D eigenvalue weighted by molar-refractivity contribution is 5.94. The summed E-state index contributed by atoms with van der Waals surface area (Å²) in [4.78, 5) is 11.9. The summed E-state index contributed by atoms with van der Waals surface area (Å²) < 4.78 is 0. The third-order valence-corrected chi connectivity index (χ3v) is 2.95. The SMILES string of the molecule is CC(C)(O)CNC(=O)c1n[nH]c2c1CCCC2. The van der Waals surface area contributed by atoms with Gasteiger partial charge < -0.3 is 10.4 Å². The molecule has 3 N–H and O–H groups in total. The Labute approximate surface area is 101 Å². The fraction of sp³-hybridized carbons (Fsp3) is 0.667. The smallest absolute Gasteiger partial charge is 0.272 e. The quantitative estimate of drug-likeness (QED) is 0.727. The first-order valence-electron chi connectivity index (χ1n) is 6.04. The summed E-state index contributed by atoms with van der Waals surface area (Å²) in [6.45, 7) is 3.55. The molecule has 0 unspecified atom stereocenters. The predicted molar refractivity (Wildman–Crippen MR) is 63.9 cm³/mol. The number of aromatic amines is 1. The van der Waals surface area contributed by atoms with Crippen LogP contribution in [0.15, 0.2) is 0 Å². The summed E-state index contributed by atoms with van der Waals surface area (Å²) in [5.74, 6) is -0.202. The summed E-state index contributed by atoms with van der Waals surface area (Å²) in [7, 11) is 0. The lowest BCUT2D eigenvalue weighted by Gasteiger charge is -2.17. The van der Waals surface area contributed by atoms with E-state index in [1.165, 1.54) is 0 Å². The van der Waals surface area contributed by atoms with Crippen LogP contribution in [-0.2, 0) is 12.8 Å². The molecule has 1 aromatic heterocycles. The van der Waals surface area contributed by atoms with Crippen molar-refractivity contribution < 1.29 is 9.90 Å². The van der Waals surface area contributed by atoms with Gasteiger partial charge in [0.1, 0.15) is 0 Å². The van der Waals surface area contributed by atoms with E-state index in [-0.39, 0.29) is 12.5 Å². The average molecular weight is 237 g/mol. The van der Waals surface area contributed by atoms with Crippen LogP contribution in [0.2, 0.25) is 0 Å². The molecule has 1 aliphatic carbocycles. The lowest BCUT2D eigenvalue weighted by Crippen LogP contribution is -2.38. The molecular formula is C12H19N3O2. The Balaban J connectivity index is 2.07. The van der Waals surface area contributed by atoms with Gasteiger partial charge in [-0.1, -0.05) is 0 Å². The molecule has 1 aromatic rings. The highest BCUT2D eigenvalue weighted by atomic mass is 16.3. The van der Waals surface area contributed by atoms with Crippen molar-refractivity contribution in [1.82, 2.24) is 15.5 Å². The number of hydrogen-bond donors (Lipinski definition) is 3. The summed E-state index contributed by atoms with van der Waals surface area (Å²) >= 11 is 0. The molecule has 17 heavy (non-hydrogen) atoms. The van der Waals surface area contributed by atoms with Crippen LogP contribution in [0.1, 0.15) is 48.4 Å². The number of H-pyrrole nitrogens is 1. The van der Waals surface area contributed by atoms with Crippen molar-refractivity contribution in [3.63, 3.8) is 0 Å². The number of nitrogens with one attached hydrogen (secondary N) is 2. The van der Waals surface area contributed by atoms with Crippen molar-refractivity contribution in [2.24, 2.45) is 0 Å². The van der Waals surface area contributed by atoms with Gasteiger partial charge >= 0.3 is 0 Å². The lowest BCUT2D eigenvalue weighted by molar-refractivity contribution is 0.0691. The first-order valence-corrected chi connectivity index (χ1v) is 6.04. The van der Waals surface area contributed by atoms with Crippen LogP contribution in [0.5, 0.6) is 0 Å². The molecule has 0 radical (unpaired) electrons. The lowest BCUT2D eigenvalue weighted by atomic mass is 9.95. The second-order valence-corrected chi connectivity index (χ2v) is 5.23. The van der Waals surface area contributed by atoms with Crippen LogP contribution in [-0.4, -0.2) is 33.4 Å². The Hall–Kier alpha value is -1.36. The van der Waals surface area contributed by atoms with E-state index in [0.29, 0.717) is 5.69 Å². The molecule has 1 amide bonds. The molecule has 1 heterocycles. The van der Waals surface area contributed by atoms with Crippen molar-refractivity contribution in [2.75, 3.05) is 6.54 Å². The van der Waals surface area contributed by atoms with Crippen molar-refractivity contribution in [1.29, 1.82) is 0 Å². The molecule has 0 bridgehead atoms. The van der Waals surface area contributed by atoms with E-state index in [1.54, 1.807) is 13.8 Å². The zero-order valence-electron chi connectivity index (χ0n) is 10.3. The molecule has 0 saturated carbocycles. The largest absolute Gasteiger partial charge is 0.389 e. The maximum Gasteiger partial charge on any atom is 0.272 e. The molecule has 0 atom stereocenters. The van der Waals surface area contributed by atoms with Crippen LogP contribution < -0.4 is 5.32 Å². The maximum absolute atomic E-state index is 11.9. The number of fused-ring (bicyclic) bond motifs is 1. The number of rotatable bonds is 3. The van der Waals surface area contributed by atoms with Crippen molar-refractivity contribution in [3.05, 3.63) is 17.0 Å². The molecule has 0 aromatic carbocycles. The Morgan fingerprint density at radius 3 is 2.88 bits per heavy atom. The van der Waals surface area contributed by atoms with E-state index in [9.17, 15) is 9.90 Å². The average Bonchev–Trinajstić information content (AvgIpc) is 2.68. The van der Waals surface area contributed by atoms with Crippen LogP contribution in [0, 0.1) is 0 Å². The maximum atomic E-state index is 11.9. The number of amides is 1. The normalized spacial score (nSPS) is 15.5. The molecule has 94 valence electrons. The van der Waals surface area contributed by atoms with E-state index in [1.807, 2.05) is 0 Å². The molecule has 5 heteroatoms. The number of aromatic nitrogens is 2. The molecule has 5 nitrogen and oxygen atoms in total. The summed E-state index contributed by atoms with van der Waals surface area (Å²) in [6, 6.07) is 0. The van der Waals surface area contributed by atoms with E-state index >= 15 is 0 Å². The minimum Gasteiger partial charge on any atom is -0.389 e. The summed E-state index contributed by atoms with van der Waals surface area (Å²) in [5.41, 5.74) is 1.73. The second kappa shape index (κ2) is 4.49. The Morgan fingerprint density at radius 1 is 1.47 bits per heavy atom. The van der Waals surface area contributed by atoms with Gasteiger partial charge in [0.25, 0.3) is 5.91 Å². The Kier molecular flexibility index (Phi) is 3.19. The van der Waals surface area contributed by atoms with Gasteiger partial charge in [-0.2, -0.15) is 5.10 Å². The van der Waals surface area contributed by atoms with Gasteiger partial charge in [-0.15, -0.1) is 0 Å². The number of carbonyl (C=O) groups excluding carboxylic acids is 1. The third-order valence-electron chi connectivity index (χ3n) is 2.95. The highest BCUT2D eigenvalue weighted by Crippen LogP contribution is 2.21. The van der Waals surface area contributed by atoms with Gasteiger partial charge in [-0.25, -0.2) is 0 Å². The number of aliphatic hydroxyl groups is 1. The minimum absolute atomic E-state index is 0.202. The molecule has 0 saturated heterocycles. The van der Waals surface area contributed by atoms with Crippen molar-refractivity contribution in [3.8, 4) is 0 Å². The monoisotopic (exact) mass is 237 g/mol. The predicted octanol–water partition coefficient (Wildman–Crippen LogP) is 0.789. The van der Waals surface area contributed by atoms with Gasteiger partial charge in [0.05, 0.1) is 5.60 Å².